The topological polar surface area (TPSA) is 45.2 Å². The number of likely N-dealkylation sites (tertiary alicyclic amines) is 1. The summed E-state index contributed by atoms with van der Waals surface area (Å²) in [5.41, 5.74) is 0.882. The summed E-state index contributed by atoms with van der Waals surface area (Å²) in [5, 5.41) is 4.28. The van der Waals surface area contributed by atoms with Gasteiger partial charge in [0, 0.05) is 25.2 Å². The van der Waals surface area contributed by atoms with Gasteiger partial charge in [0.2, 0.25) is 0 Å². The van der Waals surface area contributed by atoms with Crippen molar-refractivity contribution in [3.05, 3.63) is 15.6 Å². The molecule has 1 aromatic rings. The molecule has 1 saturated carbocycles. The molecule has 4 nitrogen and oxygen atoms in total. The first-order valence-corrected chi connectivity index (χ1v) is 8.50. The van der Waals surface area contributed by atoms with Gasteiger partial charge in [0.15, 0.2) is 0 Å². The molecule has 3 rings (SSSR count). The number of aryl methyl sites for hydroxylation is 2. The number of nitrogens with one attached hydrogen (secondary N) is 1. The van der Waals surface area contributed by atoms with Crippen LogP contribution in [-0.2, 0) is 6.42 Å². The highest BCUT2D eigenvalue weighted by molar-refractivity contribution is 7.13. The van der Waals surface area contributed by atoms with E-state index in [4.69, 9.17) is 0 Å². The maximum atomic E-state index is 12.4. The maximum absolute atomic E-state index is 12.4. The van der Waals surface area contributed by atoms with Gasteiger partial charge in [-0.2, -0.15) is 0 Å². The van der Waals surface area contributed by atoms with Crippen molar-refractivity contribution < 1.29 is 4.79 Å². The Morgan fingerprint density at radius 2 is 2.25 bits per heavy atom. The summed E-state index contributed by atoms with van der Waals surface area (Å²) in [7, 11) is 0. The van der Waals surface area contributed by atoms with Crippen molar-refractivity contribution in [2.75, 3.05) is 13.1 Å². The lowest BCUT2D eigenvalue weighted by Gasteiger charge is -2.15. The molecule has 2 aliphatic rings. The van der Waals surface area contributed by atoms with Gasteiger partial charge in [-0.05, 0) is 39.0 Å². The normalized spacial score (nSPS) is 23.2. The fourth-order valence-electron chi connectivity index (χ4n) is 2.91. The van der Waals surface area contributed by atoms with Gasteiger partial charge in [0.05, 0.1) is 10.7 Å². The van der Waals surface area contributed by atoms with Crippen molar-refractivity contribution in [2.24, 2.45) is 0 Å². The lowest BCUT2D eigenvalue weighted by atomic mass is 10.2. The Bertz CT molecular complexity index is 495. The number of amides is 1. The van der Waals surface area contributed by atoms with Gasteiger partial charge in [-0.1, -0.05) is 6.92 Å². The van der Waals surface area contributed by atoms with Crippen molar-refractivity contribution in [1.82, 2.24) is 15.2 Å². The standard InChI is InChI=1S/C15H23N3OS/c1-3-4-13-16-10(2)14(20-13)15(19)17-11-7-8-18(9-11)12-5-6-12/h11-12H,3-9H2,1-2H3,(H,17,19)/t11-/m1/s1. The predicted octanol–water partition coefficient (Wildman–Crippen LogP) is 2.37. The quantitative estimate of drug-likeness (QED) is 0.906. The molecule has 2 fully saturated rings. The van der Waals surface area contributed by atoms with E-state index in [1.54, 1.807) is 11.3 Å². The summed E-state index contributed by atoms with van der Waals surface area (Å²) in [4.78, 5) is 20.2. The van der Waals surface area contributed by atoms with Crippen molar-refractivity contribution in [3.8, 4) is 0 Å². The van der Waals surface area contributed by atoms with Crippen LogP contribution in [0.5, 0.6) is 0 Å². The van der Waals surface area contributed by atoms with Crippen molar-refractivity contribution in [2.45, 2.75) is 58.0 Å². The van der Waals surface area contributed by atoms with Crippen LogP contribution < -0.4 is 5.32 Å². The van der Waals surface area contributed by atoms with Crippen LogP contribution in [0.2, 0.25) is 0 Å². The number of hydrogen-bond donors (Lipinski definition) is 1. The zero-order valence-corrected chi connectivity index (χ0v) is 13.1. The van der Waals surface area contributed by atoms with Crippen LogP contribution >= 0.6 is 11.3 Å². The molecule has 20 heavy (non-hydrogen) atoms. The molecule has 1 aromatic heterocycles. The Kier molecular flexibility index (Phi) is 4.08. The van der Waals surface area contributed by atoms with Crippen LogP contribution in [0, 0.1) is 6.92 Å². The summed E-state index contributed by atoms with van der Waals surface area (Å²) in [5.74, 6) is 0.0741. The molecule has 1 amide bonds. The fraction of sp³-hybridized carbons (Fsp3) is 0.733. The molecule has 0 radical (unpaired) electrons. The highest BCUT2D eigenvalue weighted by atomic mass is 32.1. The molecule has 2 heterocycles. The second kappa shape index (κ2) is 5.82. The second-order valence-corrected chi connectivity index (χ2v) is 7.04. The molecule has 1 saturated heterocycles. The first-order valence-electron chi connectivity index (χ1n) is 7.68. The molecule has 0 unspecified atom stereocenters. The summed E-state index contributed by atoms with van der Waals surface area (Å²) >= 11 is 1.56. The highest BCUT2D eigenvalue weighted by Crippen LogP contribution is 2.30. The molecule has 110 valence electrons. The van der Waals surface area contributed by atoms with E-state index >= 15 is 0 Å². The van der Waals surface area contributed by atoms with E-state index in [-0.39, 0.29) is 5.91 Å². The van der Waals surface area contributed by atoms with E-state index < -0.39 is 0 Å². The van der Waals surface area contributed by atoms with Crippen LogP contribution in [-0.4, -0.2) is 41.0 Å². The number of thiazole rings is 1. The molecule has 1 aliphatic carbocycles. The maximum Gasteiger partial charge on any atom is 0.263 e. The monoisotopic (exact) mass is 293 g/mol. The van der Waals surface area contributed by atoms with Gasteiger partial charge in [-0.15, -0.1) is 11.3 Å². The van der Waals surface area contributed by atoms with Gasteiger partial charge in [-0.3, -0.25) is 9.69 Å². The molecule has 0 bridgehead atoms. The van der Waals surface area contributed by atoms with E-state index in [9.17, 15) is 4.79 Å². The van der Waals surface area contributed by atoms with Gasteiger partial charge < -0.3 is 5.32 Å². The number of nitrogens with zero attached hydrogens (tertiary/aromatic N) is 2. The summed E-state index contributed by atoms with van der Waals surface area (Å²) in [6.45, 7) is 6.24. The Labute approximate surface area is 124 Å². The molecule has 1 N–H and O–H groups in total. The molecule has 1 atom stereocenters. The van der Waals surface area contributed by atoms with Gasteiger partial charge in [0.25, 0.3) is 5.91 Å². The van der Waals surface area contributed by atoms with Crippen LogP contribution in [0.15, 0.2) is 0 Å². The van der Waals surface area contributed by atoms with Gasteiger partial charge in [-0.25, -0.2) is 4.98 Å². The molecule has 5 heteroatoms. The van der Waals surface area contributed by atoms with E-state index in [2.05, 4.69) is 22.1 Å². The number of carbonyl (C=O) groups is 1. The van der Waals surface area contributed by atoms with Crippen molar-refractivity contribution >= 4 is 17.2 Å². The average molecular weight is 293 g/mol. The first-order chi connectivity index (χ1) is 9.67. The summed E-state index contributed by atoms with van der Waals surface area (Å²) in [6.07, 6.45) is 5.82. The van der Waals surface area contributed by atoms with Crippen LogP contribution in [0.1, 0.15) is 53.0 Å². The minimum absolute atomic E-state index is 0.0741. The van der Waals surface area contributed by atoms with E-state index in [1.807, 2.05) is 6.92 Å². The van der Waals surface area contributed by atoms with Crippen molar-refractivity contribution in [1.29, 1.82) is 0 Å². The molecule has 0 aromatic carbocycles. The highest BCUT2D eigenvalue weighted by Gasteiger charge is 2.35. The minimum Gasteiger partial charge on any atom is -0.347 e. The smallest absolute Gasteiger partial charge is 0.263 e. The third-order valence-electron chi connectivity index (χ3n) is 4.13. The second-order valence-electron chi connectivity index (χ2n) is 5.96. The van der Waals surface area contributed by atoms with Gasteiger partial charge >= 0.3 is 0 Å². The van der Waals surface area contributed by atoms with Gasteiger partial charge in [0.1, 0.15) is 4.88 Å². The van der Waals surface area contributed by atoms with Crippen LogP contribution in [0.4, 0.5) is 0 Å². The Morgan fingerprint density at radius 3 is 2.95 bits per heavy atom. The summed E-state index contributed by atoms with van der Waals surface area (Å²) < 4.78 is 0. The molecule has 1 aliphatic heterocycles. The molecular formula is C15H23N3OS. The minimum atomic E-state index is 0.0741. The SMILES string of the molecule is CCCc1nc(C)c(C(=O)N[C@@H]2CCN(C3CC3)C2)s1. The van der Waals surface area contributed by atoms with E-state index in [0.717, 1.165) is 54.0 Å². The first kappa shape index (κ1) is 14.0. The zero-order chi connectivity index (χ0) is 14.1. The largest absolute Gasteiger partial charge is 0.347 e. The van der Waals surface area contributed by atoms with E-state index in [1.165, 1.54) is 12.8 Å². The third-order valence-corrected chi connectivity index (χ3v) is 5.35. The lowest BCUT2D eigenvalue weighted by Crippen LogP contribution is -2.37. The third kappa shape index (κ3) is 3.04. The Balaban J connectivity index is 1.58. The number of aromatic nitrogens is 1. The Hall–Kier alpha value is -0.940. The summed E-state index contributed by atoms with van der Waals surface area (Å²) in [6, 6.07) is 1.12. The fourth-order valence-corrected chi connectivity index (χ4v) is 3.98. The van der Waals surface area contributed by atoms with Crippen molar-refractivity contribution in [3.63, 3.8) is 0 Å². The van der Waals surface area contributed by atoms with Crippen LogP contribution in [0.3, 0.4) is 0 Å². The molecular weight excluding hydrogens is 270 g/mol. The molecule has 0 spiro atoms. The zero-order valence-electron chi connectivity index (χ0n) is 12.3. The number of rotatable bonds is 5. The Morgan fingerprint density at radius 1 is 1.45 bits per heavy atom. The van der Waals surface area contributed by atoms with Crippen LogP contribution in [0.25, 0.3) is 0 Å². The lowest BCUT2D eigenvalue weighted by molar-refractivity contribution is 0.0941. The predicted molar refractivity (Wildman–Crippen MR) is 81.3 cm³/mol. The average Bonchev–Trinajstić information content (AvgIpc) is 3.05. The number of carbonyl (C=O) groups excluding carboxylic acids is 1. The van der Waals surface area contributed by atoms with E-state index in [0.29, 0.717) is 6.04 Å². The number of hydrogen-bond acceptors (Lipinski definition) is 4.